The van der Waals surface area contributed by atoms with Crippen molar-refractivity contribution in [1.82, 2.24) is 19.5 Å². The van der Waals surface area contributed by atoms with E-state index >= 15 is 0 Å². The van der Waals surface area contributed by atoms with Gasteiger partial charge < -0.3 is 24.8 Å². The predicted octanol–water partition coefficient (Wildman–Crippen LogP) is 7.05. The highest BCUT2D eigenvalue weighted by atomic mass is 35.5. The fraction of sp³-hybridized carbons (Fsp3) is 0.0800. The molecule has 0 atom stereocenters. The molecule has 0 spiro atoms. The highest BCUT2D eigenvalue weighted by molar-refractivity contribution is 7.16. The van der Waals surface area contributed by atoms with Crippen molar-refractivity contribution < 1.29 is 9.15 Å². The summed E-state index contributed by atoms with van der Waals surface area (Å²) in [5, 5.41) is 4.53. The molecular weight excluding hydrogens is 519 g/mol. The van der Waals surface area contributed by atoms with Gasteiger partial charge in [-0.1, -0.05) is 35.3 Å². The number of aromatic nitrogens is 4. The molecule has 0 bridgehead atoms. The second kappa shape index (κ2) is 9.02. The number of benzene rings is 2. The maximum Gasteiger partial charge on any atom is 0.300 e. The molecule has 0 amide bonds. The second-order valence-electron chi connectivity index (χ2n) is 8.08. The van der Waals surface area contributed by atoms with Crippen LogP contribution in [0, 0.1) is 0 Å². The van der Waals surface area contributed by atoms with Crippen molar-refractivity contribution >= 4 is 74.2 Å². The van der Waals surface area contributed by atoms with E-state index in [-0.39, 0.29) is 0 Å². The number of halogens is 2. The lowest BCUT2D eigenvalue weighted by molar-refractivity contribution is 0.309. The number of nitrogens with zero attached hydrogens (tertiary/aromatic N) is 4. The molecule has 0 saturated heterocycles. The summed E-state index contributed by atoms with van der Waals surface area (Å²) >= 11 is 13.8. The van der Waals surface area contributed by atoms with E-state index in [0.29, 0.717) is 44.6 Å². The first-order valence-electron chi connectivity index (χ1n) is 10.8. The maximum absolute atomic E-state index is 6.29. The number of fused-ring (bicyclic) bond motifs is 2. The Labute approximate surface area is 219 Å². The van der Waals surface area contributed by atoms with Crippen LogP contribution in [-0.2, 0) is 13.7 Å². The number of hydrogen-bond acceptors (Lipinski definition) is 8. The van der Waals surface area contributed by atoms with Gasteiger partial charge in [-0.3, -0.25) is 0 Å². The van der Waals surface area contributed by atoms with Crippen molar-refractivity contribution in [3.63, 3.8) is 0 Å². The first-order chi connectivity index (χ1) is 17.4. The van der Waals surface area contributed by atoms with Crippen molar-refractivity contribution in [3.8, 4) is 16.9 Å². The average Bonchev–Trinajstić information content (AvgIpc) is 3.55. The molecule has 8 nitrogen and oxygen atoms in total. The molecule has 0 aliphatic carbocycles. The Bertz CT molecular complexity index is 1720. The molecule has 180 valence electrons. The van der Waals surface area contributed by atoms with Crippen LogP contribution < -0.4 is 15.8 Å². The molecule has 0 radical (unpaired) electrons. The largest absolute Gasteiger partial charge is 0.484 e. The van der Waals surface area contributed by atoms with E-state index in [1.54, 1.807) is 12.1 Å². The van der Waals surface area contributed by atoms with Gasteiger partial charge in [0.1, 0.15) is 29.9 Å². The van der Waals surface area contributed by atoms with Crippen LogP contribution >= 0.6 is 34.5 Å². The topological polar surface area (TPSA) is 104 Å². The van der Waals surface area contributed by atoms with Crippen molar-refractivity contribution in [1.29, 1.82) is 0 Å². The van der Waals surface area contributed by atoms with Gasteiger partial charge in [-0.15, -0.1) is 11.3 Å². The van der Waals surface area contributed by atoms with E-state index in [9.17, 15) is 0 Å². The van der Waals surface area contributed by atoms with Crippen LogP contribution in [0.3, 0.4) is 0 Å². The van der Waals surface area contributed by atoms with Crippen molar-refractivity contribution in [2.45, 2.75) is 6.61 Å². The number of aryl methyl sites for hydroxylation is 1. The Hall–Kier alpha value is -3.79. The summed E-state index contributed by atoms with van der Waals surface area (Å²) in [6.07, 6.45) is 3.46. The van der Waals surface area contributed by atoms with Gasteiger partial charge >= 0.3 is 0 Å². The normalized spacial score (nSPS) is 11.4. The highest BCUT2D eigenvalue weighted by Gasteiger charge is 2.16. The smallest absolute Gasteiger partial charge is 0.300 e. The molecule has 2 aromatic carbocycles. The molecule has 4 heterocycles. The van der Waals surface area contributed by atoms with E-state index in [1.165, 1.54) is 17.7 Å². The van der Waals surface area contributed by atoms with Crippen molar-refractivity contribution in [2.75, 3.05) is 11.1 Å². The summed E-state index contributed by atoms with van der Waals surface area (Å²) < 4.78 is 14.6. The number of nitrogen functional groups attached to an aromatic ring is 1. The Morgan fingerprint density at radius 1 is 1.11 bits per heavy atom. The molecular formula is C25H18Cl2N6O2S. The number of rotatable bonds is 6. The third-order valence-electron chi connectivity index (χ3n) is 5.65. The summed E-state index contributed by atoms with van der Waals surface area (Å²) in [6, 6.07) is 15.4. The van der Waals surface area contributed by atoms with Gasteiger partial charge in [0.05, 0.1) is 9.72 Å². The maximum atomic E-state index is 6.29. The Kier molecular flexibility index (Phi) is 5.67. The molecule has 0 fully saturated rings. The molecule has 0 aliphatic rings. The predicted molar refractivity (Wildman–Crippen MR) is 144 cm³/mol. The first-order valence-corrected chi connectivity index (χ1v) is 12.4. The van der Waals surface area contributed by atoms with Crippen LogP contribution in [0.4, 0.5) is 17.5 Å². The molecule has 6 rings (SSSR count). The monoisotopic (exact) mass is 536 g/mol. The number of ether oxygens (including phenoxy) is 1. The zero-order valence-corrected chi connectivity index (χ0v) is 21.2. The third-order valence-corrected chi connectivity index (χ3v) is 7.07. The third kappa shape index (κ3) is 4.21. The second-order valence-corrected chi connectivity index (χ2v) is 10.3. The number of anilines is 3. The van der Waals surface area contributed by atoms with E-state index in [1.807, 2.05) is 54.2 Å². The summed E-state index contributed by atoms with van der Waals surface area (Å²) in [6.45, 7) is 0.349. The number of nitrogens with one attached hydrogen (secondary N) is 1. The molecule has 4 aromatic heterocycles. The van der Waals surface area contributed by atoms with Crippen molar-refractivity contribution in [2.24, 2.45) is 7.05 Å². The first kappa shape index (κ1) is 22.7. The van der Waals surface area contributed by atoms with Crippen LogP contribution in [0.2, 0.25) is 9.36 Å². The lowest BCUT2D eigenvalue weighted by Crippen LogP contribution is -1.94. The number of thiophene rings is 1. The van der Waals surface area contributed by atoms with Gasteiger partial charge in [0, 0.05) is 40.5 Å². The van der Waals surface area contributed by atoms with E-state index in [2.05, 4.69) is 20.3 Å². The van der Waals surface area contributed by atoms with Gasteiger partial charge in [0.2, 0.25) is 0 Å². The summed E-state index contributed by atoms with van der Waals surface area (Å²) in [4.78, 5) is 14.0. The molecule has 3 N–H and O–H groups in total. The number of nitrogens with two attached hydrogens (primary N) is 1. The van der Waals surface area contributed by atoms with Crippen LogP contribution in [0.1, 0.15) is 4.88 Å². The van der Waals surface area contributed by atoms with Gasteiger partial charge in [0.15, 0.2) is 11.3 Å². The lowest BCUT2D eigenvalue weighted by atomic mass is 10.1. The van der Waals surface area contributed by atoms with Gasteiger partial charge in [-0.25, -0.2) is 9.97 Å². The summed E-state index contributed by atoms with van der Waals surface area (Å²) in [7, 11) is 1.93. The van der Waals surface area contributed by atoms with Crippen LogP contribution in [-0.4, -0.2) is 19.5 Å². The van der Waals surface area contributed by atoms with E-state index < -0.39 is 0 Å². The average molecular weight is 537 g/mol. The highest BCUT2D eigenvalue weighted by Crippen LogP contribution is 2.35. The Morgan fingerprint density at radius 2 is 1.94 bits per heavy atom. The summed E-state index contributed by atoms with van der Waals surface area (Å²) in [5.41, 5.74) is 10.8. The molecule has 0 unspecified atom stereocenters. The number of hydrogen-bond donors (Lipinski definition) is 2. The molecule has 0 saturated carbocycles. The van der Waals surface area contributed by atoms with Gasteiger partial charge in [0.25, 0.3) is 6.01 Å². The lowest BCUT2D eigenvalue weighted by Gasteiger charge is -2.05. The zero-order chi connectivity index (χ0) is 24.8. The van der Waals surface area contributed by atoms with E-state index in [0.717, 1.165) is 32.7 Å². The van der Waals surface area contributed by atoms with Crippen LogP contribution in [0.15, 0.2) is 65.5 Å². The van der Waals surface area contributed by atoms with Gasteiger partial charge in [-0.2, -0.15) is 4.98 Å². The molecule has 11 heteroatoms. The van der Waals surface area contributed by atoms with Crippen molar-refractivity contribution in [3.05, 3.63) is 75.3 Å². The minimum Gasteiger partial charge on any atom is -0.484 e. The SMILES string of the molecule is Cn1cc(-c2ccc(Nc3nc4cc(Cl)cc(OCc5ccc(Cl)s5)c4o3)cc2)c2c(N)ncnc21. The Morgan fingerprint density at radius 3 is 2.72 bits per heavy atom. The minimum atomic E-state index is 0.326. The fourth-order valence-corrected chi connectivity index (χ4v) is 5.22. The van der Waals surface area contributed by atoms with Crippen LogP contribution in [0.5, 0.6) is 5.75 Å². The van der Waals surface area contributed by atoms with Crippen LogP contribution in [0.25, 0.3) is 33.3 Å². The fourth-order valence-electron chi connectivity index (χ4n) is 4.02. The number of oxazole rings is 1. The molecule has 0 aliphatic heterocycles. The summed E-state index contributed by atoms with van der Waals surface area (Å²) in [5.74, 6) is 0.955. The standard InChI is InChI=1S/C25H18Cl2N6O2S/c1-33-10-17(21-23(28)29-12-30-24(21)33)13-2-4-15(5-3-13)31-25-32-18-8-14(26)9-19(22(18)35-25)34-11-16-6-7-20(27)36-16/h2-10,12H,11H2,1H3,(H,31,32)(H2,28,29,30). The molecule has 6 aromatic rings. The molecule has 36 heavy (non-hydrogen) atoms. The zero-order valence-electron chi connectivity index (χ0n) is 18.8. The van der Waals surface area contributed by atoms with Gasteiger partial charge in [-0.05, 0) is 35.9 Å². The minimum absolute atomic E-state index is 0.326. The van der Waals surface area contributed by atoms with E-state index in [4.69, 9.17) is 38.1 Å². The quantitative estimate of drug-likeness (QED) is 0.235. The Balaban J connectivity index is 1.26.